The van der Waals surface area contributed by atoms with E-state index in [0.717, 1.165) is 11.8 Å². The molecule has 8 unspecified atom stereocenters. The van der Waals surface area contributed by atoms with Crippen LogP contribution < -0.4 is 9.96 Å². The number of carbonyl (C=O) groups excluding carboxylic acids is 1. The van der Waals surface area contributed by atoms with Crippen molar-refractivity contribution in [2.75, 3.05) is 0 Å². The molecule has 104 valence electrons. The predicted molar refractivity (Wildman–Crippen MR) is 65.7 cm³/mol. The molecule has 5 saturated carbocycles. The van der Waals surface area contributed by atoms with Crippen LogP contribution in [0.25, 0.3) is 0 Å². The second kappa shape index (κ2) is 3.03. The summed E-state index contributed by atoms with van der Waals surface area (Å²) in [5, 5.41) is 12.5. The van der Waals surface area contributed by atoms with Gasteiger partial charge >= 0.3 is 11.8 Å². The van der Waals surface area contributed by atoms with E-state index in [2.05, 4.69) is 4.85 Å². The van der Waals surface area contributed by atoms with E-state index in [4.69, 9.17) is 4.74 Å². The van der Waals surface area contributed by atoms with Gasteiger partial charge in [0, 0.05) is 18.8 Å². The second-order valence-electron chi connectivity index (χ2n) is 7.25. The van der Waals surface area contributed by atoms with E-state index in [1.54, 1.807) is 0 Å². The van der Waals surface area contributed by atoms with Gasteiger partial charge in [0.25, 0.3) is 4.85 Å². The van der Waals surface area contributed by atoms with Crippen LogP contribution in [0, 0.1) is 52.3 Å². The molecular formula is C15H15NO4. The zero-order valence-electron chi connectivity index (χ0n) is 11.1. The van der Waals surface area contributed by atoms with Crippen molar-refractivity contribution < 1.29 is 14.6 Å². The Kier molecular flexibility index (Phi) is 1.68. The van der Waals surface area contributed by atoms with Crippen molar-refractivity contribution in [3.05, 3.63) is 10.7 Å². The van der Waals surface area contributed by atoms with E-state index in [-0.39, 0.29) is 11.8 Å². The summed E-state index contributed by atoms with van der Waals surface area (Å²) >= 11 is 0. The first kappa shape index (κ1) is 11.1. The molecule has 5 fully saturated rings. The molecule has 9 atom stereocenters. The van der Waals surface area contributed by atoms with E-state index in [1.165, 1.54) is 19.8 Å². The van der Waals surface area contributed by atoms with Crippen molar-refractivity contribution >= 4 is 11.8 Å². The van der Waals surface area contributed by atoms with Gasteiger partial charge in [0.15, 0.2) is 4.91 Å². The minimum atomic E-state index is -1.11. The lowest BCUT2D eigenvalue weighted by atomic mass is 9.55. The average molecular weight is 273 g/mol. The summed E-state index contributed by atoms with van der Waals surface area (Å²) in [6.45, 7) is 1.35. The molecule has 0 aromatic rings. The normalized spacial score (nSPS) is 58.2. The molecule has 0 aromatic heterocycles. The SMILES string of the molecule is CC(=O)O[C@@]1(C([O-])=C=[N+]=O)C2C3CC4C5C3CC2C5C41. The lowest BCUT2D eigenvalue weighted by Crippen LogP contribution is -2.59. The molecule has 5 heteroatoms. The number of carbonyl (C=O) groups is 1. The van der Waals surface area contributed by atoms with Gasteiger partial charge in [-0.15, -0.1) is 0 Å². The monoisotopic (exact) mass is 273 g/mol. The highest BCUT2D eigenvalue weighted by Gasteiger charge is 2.86. The third-order valence-electron chi connectivity index (χ3n) is 7.17. The Morgan fingerprint density at radius 3 is 2.60 bits per heavy atom. The summed E-state index contributed by atoms with van der Waals surface area (Å²) in [6, 6.07) is 0. The van der Waals surface area contributed by atoms with Crippen molar-refractivity contribution in [3.63, 3.8) is 0 Å². The Morgan fingerprint density at radius 2 is 1.90 bits per heavy atom. The molecule has 5 aliphatic rings. The number of esters is 1. The Hall–Kier alpha value is -1.57. The topological polar surface area (TPSA) is 80.5 Å². The highest BCUT2D eigenvalue weighted by atomic mass is 16.6. The Morgan fingerprint density at radius 1 is 1.20 bits per heavy atom. The second-order valence-corrected chi connectivity index (χ2v) is 7.25. The molecule has 0 spiro atoms. The molecule has 20 heavy (non-hydrogen) atoms. The van der Waals surface area contributed by atoms with E-state index >= 15 is 0 Å². The fourth-order valence-corrected chi connectivity index (χ4v) is 7.37. The number of hydrogen-bond donors (Lipinski definition) is 0. The summed E-state index contributed by atoms with van der Waals surface area (Å²) in [7, 11) is 0. The molecule has 0 N–H and O–H groups in total. The van der Waals surface area contributed by atoms with Crippen molar-refractivity contribution in [3.8, 4) is 0 Å². The molecule has 0 aromatic carbocycles. The molecule has 0 saturated heterocycles. The zero-order valence-corrected chi connectivity index (χ0v) is 11.1. The Bertz CT molecular complexity index is 626. The van der Waals surface area contributed by atoms with Gasteiger partial charge in [-0.2, -0.15) is 0 Å². The molecular weight excluding hydrogens is 258 g/mol. The molecule has 5 nitrogen and oxygen atoms in total. The maximum atomic E-state index is 12.5. The van der Waals surface area contributed by atoms with Gasteiger partial charge in [0.05, 0.1) is 5.76 Å². The number of rotatable bonds is 2. The number of hydrogen-bond acceptors (Lipinski definition) is 4. The smallest absolute Gasteiger partial charge is 0.376 e. The summed E-state index contributed by atoms with van der Waals surface area (Å²) in [6.07, 6.45) is 2.37. The van der Waals surface area contributed by atoms with Crippen LogP contribution in [-0.4, -0.2) is 17.4 Å². The summed E-state index contributed by atoms with van der Waals surface area (Å²) in [5.41, 5.74) is -1.11. The molecule has 0 heterocycles. The maximum Gasteiger partial charge on any atom is 0.376 e. The standard InChI is InChI=1S/C15H15NO4/c1-5(17)20-15(10(18)4-16-19)13-7-3-8-11-6(7)2-9(13)12(11)14(8)15/h6-9,11-14H,2-3H2,1H3/t6?,7?,8?,9?,11?,12?,13?,14?,15-/m0/s1. The molecule has 5 aliphatic carbocycles. The predicted octanol–water partition coefficient (Wildman–Crippen LogP) is -0.186. The van der Waals surface area contributed by atoms with Gasteiger partial charge in [-0.25, -0.2) is 0 Å². The van der Waals surface area contributed by atoms with Gasteiger partial charge in [-0.1, -0.05) is 0 Å². The maximum absolute atomic E-state index is 12.5. The largest absolute Gasteiger partial charge is 0.862 e. The number of nitrogens with zero attached hydrogens (tertiary/aromatic N) is 1. The first-order valence-corrected chi connectivity index (χ1v) is 7.43. The van der Waals surface area contributed by atoms with Gasteiger partial charge in [-0.05, 0) is 48.3 Å². The molecule has 2 bridgehead atoms. The minimum Gasteiger partial charge on any atom is -0.862 e. The summed E-state index contributed by atoms with van der Waals surface area (Å²) in [4.78, 5) is 24.6. The summed E-state index contributed by atoms with van der Waals surface area (Å²) in [5.74, 6) is 4.89. The van der Waals surface area contributed by atoms with Gasteiger partial charge in [0.2, 0.25) is 0 Å². The molecule has 0 amide bonds. The quantitative estimate of drug-likeness (QED) is 0.302. The highest BCUT2D eigenvalue weighted by Crippen LogP contribution is 2.86. The van der Waals surface area contributed by atoms with Crippen molar-refractivity contribution in [2.24, 2.45) is 47.3 Å². The first-order valence-electron chi connectivity index (χ1n) is 7.43. The van der Waals surface area contributed by atoms with E-state index in [9.17, 15) is 14.8 Å². The van der Waals surface area contributed by atoms with Crippen LogP contribution in [0.5, 0.6) is 0 Å². The molecule has 5 rings (SSSR count). The average Bonchev–Trinajstić information content (AvgIpc) is 2.87. The van der Waals surface area contributed by atoms with Crippen molar-refractivity contribution in [2.45, 2.75) is 25.4 Å². The van der Waals surface area contributed by atoms with Crippen LogP contribution in [0.3, 0.4) is 0 Å². The lowest BCUT2D eigenvalue weighted by molar-refractivity contribution is -0.347. The van der Waals surface area contributed by atoms with E-state index < -0.39 is 17.3 Å². The van der Waals surface area contributed by atoms with E-state index in [0.29, 0.717) is 23.7 Å². The van der Waals surface area contributed by atoms with Crippen LogP contribution in [0.1, 0.15) is 19.8 Å². The van der Waals surface area contributed by atoms with Gasteiger partial charge < -0.3 is 9.84 Å². The van der Waals surface area contributed by atoms with Crippen molar-refractivity contribution in [1.29, 1.82) is 0 Å². The molecule has 0 radical (unpaired) electrons. The first-order chi connectivity index (χ1) is 9.61. The van der Waals surface area contributed by atoms with Crippen LogP contribution in [0.2, 0.25) is 0 Å². The highest BCUT2D eigenvalue weighted by molar-refractivity contribution is 5.69. The van der Waals surface area contributed by atoms with Crippen LogP contribution >= 0.6 is 0 Å². The van der Waals surface area contributed by atoms with Gasteiger partial charge in [0.1, 0.15) is 5.60 Å². The van der Waals surface area contributed by atoms with Gasteiger partial charge in [-0.3, -0.25) is 4.79 Å². The van der Waals surface area contributed by atoms with Crippen LogP contribution in [0.4, 0.5) is 0 Å². The summed E-state index contributed by atoms with van der Waals surface area (Å²) < 4.78 is 5.63. The number of fused-ring (bicyclic) bond motifs is 2. The van der Waals surface area contributed by atoms with Crippen LogP contribution in [0.15, 0.2) is 5.76 Å². The Labute approximate surface area is 115 Å². The third kappa shape index (κ3) is 0.835. The lowest BCUT2D eigenvalue weighted by Gasteiger charge is -2.53. The zero-order chi connectivity index (χ0) is 13.8. The fourth-order valence-electron chi connectivity index (χ4n) is 7.37. The fraction of sp³-hybridized carbons (Fsp3) is 0.800. The Balaban J connectivity index is 1.74. The van der Waals surface area contributed by atoms with E-state index in [1.807, 2.05) is 5.87 Å². The minimum absolute atomic E-state index is 0.114. The number of nitroso groups, excluding NO2 is 1. The molecule has 0 aliphatic heterocycles. The number of ether oxygens (including phenoxy) is 1. The van der Waals surface area contributed by atoms with Crippen molar-refractivity contribution in [1.82, 2.24) is 4.85 Å². The third-order valence-corrected chi connectivity index (χ3v) is 7.17. The van der Waals surface area contributed by atoms with Crippen LogP contribution in [-0.2, 0) is 9.53 Å².